The maximum absolute atomic E-state index is 11.8. The van der Waals surface area contributed by atoms with Gasteiger partial charge in [-0.3, -0.25) is 0 Å². The first-order valence-corrected chi connectivity index (χ1v) is 4.79. The molecule has 0 aromatic heterocycles. The molecule has 1 aromatic rings. The maximum Gasteiger partial charge on any atom is 0.401 e. The number of halogens is 4. The zero-order chi connectivity index (χ0) is 11.5. The minimum atomic E-state index is -4.17. The number of hydrogen-bond acceptors (Lipinski definition) is 1. The predicted octanol–water partition coefficient (Wildman–Crippen LogP) is 3.30. The molecule has 0 amide bonds. The van der Waals surface area contributed by atoms with Crippen LogP contribution in [0.3, 0.4) is 0 Å². The fraction of sp³-hybridized carbons (Fsp3) is 0.400. The van der Waals surface area contributed by atoms with Crippen molar-refractivity contribution in [1.29, 1.82) is 0 Å². The highest BCUT2D eigenvalue weighted by atomic mass is 35.5. The second-order valence-electron chi connectivity index (χ2n) is 3.29. The van der Waals surface area contributed by atoms with E-state index in [1.807, 2.05) is 6.92 Å². The largest absolute Gasteiger partial charge is 0.401 e. The fourth-order valence-electron chi connectivity index (χ4n) is 1.20. The zero-order valence-electron chi connectivity index (χ0n) is 8.16. The summed E-state index contributed by atoms with van der Waals surface area (Å²) >= 11 is 5.72. The van der Waals surface area contributed by atoms with Gasteiger partial charge < -0.3 is 5.32 Å². The van der Waals surface area contributed by atoms with E-state index in [0.29, 0.717) is 5.02 Å². The van der Waals surface area contributed by atoms with E-state index in [1.165, 1.54) is 0 Å². The molecule has 1 nitrogen and oxygen atoms in total. The molecule has 0 unspecified atom stereocenters. The van der Waals surface area contributed by atoms with Crippen LogP contribution in [0, 0.1) is 6.92 Å². The third kappa shape index (κ3) is 4.53. The number of rotatable bonds is 3. The van der Waals surface area contributed by atoms with Crippen molar-refractivity contribution in [2.45, 2.75) is 19.6 Å². The summed E-state index contributed by atoms with van der Waals surface area (Å²) in [6.45, 7) is 1.04. The lowest BCUT2D eigenvalue weighted by atomic mass is 10.1. The van der Waals surface area contributed by atoms with Crippen LogP contribution in [0.5, 0.6) is 0 Å². The molecule has 0 radical (unpaired) electrons. The Kier molecular flexibility index (Phi) is 3.99. The summed E-state index contributed by atoms with van der Waals surface area (Å²) in [6, 6.07) is 5.12. The highest BCUT2D eigenvalue weighted by Gasteiger charge is 2.26. The summed E-state index contributed by atoms with van der Waals surface area (Å²) in [5.74, 6) is 0. The monoisotopic (exact) mass is 237 g/mol. The summed E-state index contributed by atoms with van der Waals surface area (Å²) in [5.41, 5.74) is 1.71. The van der Waals surface area contributed by atoms with Gasteiger partial charge in [0.2, 0.25) is 0 Å². The van der Waals surface area contributed by atoms with E-state index in [1.54, 1.807) is 18.2 Å². The van der Waals surface area contributed by atoms with Crippen molar-refractivity contribution in [3.63, 3.8) is 0 Å². The van der Waals surface area contributed by atoms with Crippen molar-refractivity contribution in [1.82, 2.24) is 5.32 Å². The topological polar surface area (TPSA) is 12.0 Å². The van der Waals surface area contributed by atoms with Gasteiger partial charge in [0.15, 0.2) is 0 Å². The molecular weight excluding hydrogens is 227 g/mol. The van der Waals surface area contributed by atoms with E-state index in [0.717, 1.165) is 11.1 Å². The second kappa shape index (κ2) is 4.86. The average molecular weight is 238 g/mol. The molecule has 0 aliphatic rings. The second-order valence-corrected chi connectivity index (χ2v) is 3.73. The van der Waals surface area contributed by atoms with Crippen molar-refractivity contribution in [3.8, 4) is 0 Å². The molecule has 5 heteroatoms. The molecule has 0 bridgehead atoms. The van der Waals surface area contributed by atoms with Crippen LogP contribution in [0.1, 0.15) is 11.1 Å². The highest BCUT2D eigenvalue weighted by molar-refractivity contribution is 6.30. The van der Waals surface area contributed by atoms with Crippen molar-refractivity contribution >= 4 is 11.6 Å². The Labute approximate surface area is 91.2 Å². The third-order valence-electron chi connectivity index (χ3n) is 1.95. The molecule has 1 N–H and O–H groups in total. The van der Waals surface area contributed by atoms with E-state index < -0.39 is 12.7 Å². The van der Waals surface area contributed by atoms with Gasteiger partial charge in [-0.05, 0) is 30.2 Å². The number of hydrogen-bond donors (Lipinski definition) is 1. The van der Waals surface area contributed by atoms with Crippen molar-refractivity contribution in [2.24, 2.45) is 0 Å². The quantitative estimate of drug-likeness (QED) is 0.851. The van der Waals surface area contributed by atoms with Crippen LogP contribution in [-0.4, -0.2) is 12.7 Å². The molecule has 0 heterocycles. The molecule has 1 aromatic carbocycles. The molecule has 15 heavy (non-hydrogen) atoms. The number of nitrogens with one attached hydrogen (secondary N) is 1. The van der Waals surface area contributed by atoms with Crippen LogP contribution >= 0.6 is 11.6 Å². The predicted molar refractivity (Wildman–Crippen MR) is 54.0 cm³/mol. The van der Waals surface area contributed by atoms with Gasteiger partial charge >= 0.3 is 6.18 Å². The minimum Gasteiger partial charge on any atom is -0.305 e. The summed E-state index contributed by atoms with van der Waals surface area (Å²) in [7, 11) is 0. The SMILES string of the molecule is Cc1cc(Cl)ccc1CNCC(F)(F)F. The first-order chi connectivity index (χ1) is 6.88. The van der Waals surface area contributed by atoms with Gasteiger partial charge in [-0.15, -0.1) is 0 Å². The molecule has 1 rings (SSSR count). The van der Waals surface area contributed by atoms with Crippen LogP contribution in [-0.2, 0) is 6.54 Å². The molecule has 0 aliphatic heterocycles. The van der Waals surface area contributed by atoms with Crippen LogP contribution in [0.15, 0.2) is 18.2 Å². The Hall–Kier alpha value is -0.740. The molecule has 0 aliphatic carbocycles. The van der Waals surface area contributed by atoms with Gasteiger partial charge in [-0.25, -0.2) is 0 Å². The normalized spacial score (nSPS) is 11.8. The molecule has 0 spiro atoms. The number of alkyl halides is 3. The Morgan fingerprint density at radius 2 is 2.00 bits per heavy atom. The van der Waals surface area contributed by atoms with E-state index in [9.17, 15) is 13.2 Å². The van der Waals surface area contributed by atoms with E-state index >= 15 is 0 Å². The lowest BCUT2D eigenvalue weighted by Gasteiger charge is -2.10. The summed E-state index contributed by atoms with van der Waals surface area (Å²) < 4.78 is 35.5. The van der Waals surface area contributed by atoms with Crippen LogP contribution in [0.4, 0.5) is 13.2 Å². The van der Waals surface area contributed by atoms with Crippen LogP contribution < -0.4 is 5.32 Å². The Morgan fingerprint density at radius 1 is 1.33 bits per heavy atom. The Bertz CT molecular complexity index is 336. The van der Waals surface area contributed by atoms with Gasteiger partial charge in [0, 0.05) is 11.6 Å². The first-order valence-electron chi connectivity index (χ1n) is 4.41. The van der Waals surface area contributed by atoms with E-state index in [4.69, 9.17) is 11.6 Å². The third-order valence-corrected chi connectivity index (χ3v) is 2.18. The number of aryl methyl sites for hydroxylation is 1. The van der Waals surface area contributed by atoms with Crippen molar-refractivity contribution in [2.75, 3.05) is 6.54 Å². The zero-order valence-corrected chi connectivity index (χ0v) is 8.91. The molecule has 84 valence electrons. The van der Waals surface area contributed by atoms with Crippen LogP contribution in [0.2, 0.25) is 5.02 Å². The lowest BCUT2D eigenvalue weighted by Crippen LogP contribution is -2.28. The molecule has 0 saturated carbocycles. The van der Waals surface area contributed by atoms with Gasteiger partial charge in [0.25, 0.3) is 0 Å². The van der Waals surface area contributed by atoms with Crippen molar-refractivity contribution in [3.05, 3.63) is 34.3 Å². The molecular formula is C10H11ClF3N. The smallest absolute Gasteiger partial charge is 0.305 e. The standard InChI is InChI=1S/C10H11ClF3N/c1-7-4-9(11)3-2-8(7)5-15-6-10(12,13)14/h2-4,15H,5-6H2,1H3. The van der Waals surface area contributed by atoms with Gasteiger partial charge in [-0.1, -0.05) is 17.7 Å². The highest BCUT2D eigenvalue weighted by Crippen LogP contribution is 2.16. The van der Waals surface area contributed by atoms with Gasteiger partial charge in [0.05, 0.1) is 6.54 Å². The van der Waals surface area contributed by atoms with Gasteiger partial charge in [-0.2, -0.15) is 13.2 Å². The van der Waals surface area contributed by atoms with E-state index in [-0.39, 0.29) is 6.54 Å². The summed E-state index contributed by atoms with van der Waals surface area (Å²) in [6.07, 6.45) is -4.17. The molecule has 0 atom stereocenters. The first kappa shape index (κ1) is 12.3. The van der Waals surface area contributed by atoms with E-state index in [2.05, 4.69) is 5.32 Å². The lowest BCUT2D eigenvalue weighted by molar-refractivity contribution is -0.125. The molecule has 0 fully saturated rings. The fourth-order valence-corrected chi connectivity index (χ4v) is 1.42. The minimum absolute atomic E-state index is 0.197. The summed E-state index contributed by atoms with van der Waals surface area (Å²) in [5, 5.41) is 2.92. The maximum atomic E-state index is 11.8. The van der Waals surface area contributed by atoms with Crippen LogP contribution in [0.25, 0.3) is 0 Å². The van der Waals surface area contributed by atoms with Crippen molar-refractivity contribution < 1.29 is 13.2 Å². The Morgan fingerprint density at radius 3 is 2.53 bits per heavy atom. The summed E-state index contributed by atoms with van der Waals surface area (Å²) in [4.78, 5) is 0. The average Bonchev–Trinajstić information content (AvgIpc) is 2.07. The van der Waals surface area contributed by atoms with Gasteiger partial charge in [0.1, 0.15) is 0 Å². The Balaban J connectivity index is 2.51. The number of benzene rings is 1. The molecule has 0 saturated heterocycles.